The van der Waals surface area contributed by atoms with Gasteiger partial charge >= 0.3 is 0 Å². The van der Waals surface area contributed by atoms with E-state index in [4.69, 9.17) is 0 Å². The van der Waals surface area contributed by atoms with Gasteiger partial charge in [-0.3, -0.25) is 25.1 Å². The predicted molar refractivity (Wildman–Crippen MR) is 84.7 cm³/mol. The van der Waals surface area contributed by atoms with Crippen molar-refractivity contribution in [2.45, 2.75) is 6.92 Å². The van der Waals surface area contributed by atoms with Crippen LogP contribution in [0, 0.1) is 12.7 Å². The van der Waals surface area contributed by atoms with Gasteiger partial charge in [0, 0.05) is 12.4 Å². The molecule has 23 heavy (non-hydrogen) atoms. The summed E-state index contributed by atoms with van der Waals surface area (Å²) in [5.74, 6) is -1.83. The van der Waals surface area contributed by atoms with Gasteiger partial charge in [0.2, 0.25) is 0 Å². The lowest BCUT2D eigenvalue weighted by atomic mass is 10.2. The molecule has 0 saturated heterocycles. The van der Waals surface area contributed by atoms with Gasteiger partial charge in [-0.15, -0.1) is 11.3 Å². The van der Waals surface area contributed by atoms with Gasteiger partial charge in [0.25, 0.3) is 11.8 Å². The predicted octanol–water partition coefficient (Wildman–Crippen LogP) is 2.16. The average molecular weight is 332 g/mol. The van der Waals surface area contributed by atoms with Gasteiger partial charge in [-0.05, 0) is 25.1 Å². The molecule has 0 aliphatic carbocycles. The molecule has 6 nitrogen and oxygen atoms in total. The third kappa shape index (κ3) is 2.80. The van der Waals surface area contributed by atoms with Crippen molar-refractivity contribution in [1.82, 2.24) is 20.6 Å². The Morgan fingerprint density at radius 1 is 1.22 bits per heavy atom. The number of hydrogen-bond acceptors (Lipinski definition) is 4. The van der Waals surface area contributed by atoms with Crippen LogP contribution in [0.15, 0.2) is 30.3 Å². The summed E-state index contributed by atoms with van der Waals surface area (Å²) in [5, 5.41) is 5.15. The lowest BCUT2D eigenvalue weighted by Gasteiger charge is -2.06. The fourth-order valence-corrected chi connectivity index (χ4v) is 3.22. The topological polar surface area (TPSA) is 76.0 Å². The first-order valence-corrected chi connectivity index (χ1v) is 7.57. The summed E-state index contributed by atoms with van der Waals surface area (Å²) < 4.78 is 15.2. The van der Waals surface area contributed by atoms with Crippen LogP contribution in [-0.4, -0.2) is 21.6 Å². The zero-order valence-corrected chi connectivity index (χ0v) is 13.2. The lowest BCUT2D eigenvalue weighted by molar-refractivity contribution is 0.0846. The number of fused-ring (bicyclic) bond motifs is 1. The molecule has 2 aromatic heterocycles. The normalized spacial score (nSPS) is 10.7. The molecule has 1 aromatic carbocycles. The molecule has 2 amide bonds. The van der Waals surface area contributed by atoms with Crippen molar-refractivity contribution in [1.29, 1.82) is 0 Å². The Kier molecular flexibility index (Phi) is 3.83. The van der Waals surface area contributed by atoms with E-state index in [0.29, 0.717) is 4.88 Å². The number of hydrogen-bond donors (Lipinski definition) is 2. The van der Waals surface area contributed by atoms with Crippen molar-refractivity contribution < 1.29 is 14.0 Å². The molecular weight excluding hydrogens is 319 g/mol. The second-order valence-corrected chi connectivity index (χ2v) is 5.96. The maximum atomic E-state index is 13.5. The maximum absolute atomic E-state index is 13.5. The van der Waals surface area contributed by atoms with Crippen molar-refractivity contribution in [3.05, 3.63) is 52.3 Å². The minimum Gasteiger partial charge on any atom is -0.267 e. The van der Waals surface area contributed by atoms with Gasteiger partial charge in [-0.25, -0.2) is 4.39 Å². The molecule has 0 spiro atoms. The molecule has 0 aliphatic heterocycles. The summed E-state index contributed by atoms with van der Waals surface area (Å²) in [4.78, 5) is 25.3. The van der Waals surface area contributed by atoms with Crippen molar-refractivity contribution in [3.63, 3.8) is 0 Å². The van der Waals surface area contributed by atoms with Crippen LogP contribution in [0.1, 0.15) is 25.7 Å². The summed E-state index contributed by atoms with van der Waals surface area (Å²) in [7, 11) is 1.80. The molecule has 0 saturated carbocycles. The zero-order chi connectivity index (χ0) is 16.6. The largest absolute Gasteiger partial charge is 0.279 e. The molecule has 0 radical (unpaired) electrons. The molecule has 0 atom stereocenters. The highest BCUT2D eigenvalue weighted by Gasteiger charge is 2.16. The second-order valence-electron chi connectivity index (χ2n) is 4.93. The van der Waals surface area contributed by atoms with Gasteiger partial charge in [-0.2, -0.15) is 5.10 Å². The Morgan fingerprint density at radius 3 is 2.61 bits per heavy atom. The van der Waals surface area contributed by atoms with Crippen molar-refractivity contribution in [2.24, 2.45) is 7.05 Å². The molecular formula is C15H13FN4O2S. The number of nitrogens with one attached hydrogen (secondary N) is 2. The second kappa shape index (κ2) is 5.81. The molecule has 118 valence electrons. The summed E-state index contributed by atoms with van der Waals surface area (Å²) in [5.41, 5.74) is 5.19. The smallest absolute Gasteiger partial charge is 0.267 e. The fraction of sp³-hybridized carbons (Fsp3) is 0.133. The number of hydrazine groups is 1. The molecule has 2 heterocycles. The monoisotopic (exact) mass is 332 g/mol. The number of aryl methyl sites for hydroxylation is 2. The van der Waals surface area contributed by atoms with E-state index in [-0.39, 0.29) is 5.56 Å². The first-order valence-electron chi connectivity index (χ1n) is 6.75. The molecule has 0 fully saturated rings. The van der Waals surface area contributed by atoms with Crippen LogP contribution in [-0.2, 0) is 7.05 Å². The third-order valence-corrected chi connectivity index (χ3v) is 4.53. The van der Waals surface area contributed by atoms with Crippen LogP contribution in [0.5, 0.6) is 0 Å². The molecule has 0 bridgehead atoms. The minimum absolute atomic E-state index is 0.135. The fourth-order valence-electron chi connectivity index (χ4n) is 2.20. The van der Waals surface area contributed by atoms with Crippen molar-refractivity contribution in [2.75, 3.05) is 0 Å². The Labute approximate surface area is 134 Å². The van der Waals surface area contributed by atoms with E-state index in [2.05, 4.69) is 16.0 Å². The molecule has 3 aromatic rings. The standard InChI is InChI=1S/C15H13FN4O2S/c1-8-10-7-12(23-15(10)20(2)19-8)14(22)18-17-13(21)9-5-3-4-6-11(9)16/h3-7H,1-2H3,(H,17,21)(H,18,22). The van der Waals surface area contributed by atoms with Crippen LogP contribution < -0.4 is 10.9 Å². The highest BCUT2D eigenvalue weighted by molar-refractivity contribution is 7.20. The number of rotatable bonds is 2. The van der Waals surface area contributed by atoms with E-state index in [1.165, 1.54) is 29.5 Å². The Morgan fingerprint density at radius 2 is 1.91 bits per heavy atom. The highest BCUT2D eigenvalue weighted by atomic mass is 32.1. The van der Waals surface area contributed by atoms with E-state index in [9.17, 15) is 14.0 Å². The number of amides is 2. The number of benzene rings is 1. The van der Waals surface area contributed by atoms with Gasteiger partial charge in [-0.1, -0.05) is 12.1 Å². The molecule has 0 unspecified atom stereocenters. The first-order chi connectivity index (χ1) is 11.0. The number of nitrogens with zero attached hydrogens (tertiary/aromatic N) is 2. The van der Waals surface area contributed by atoms with Gasteiger partial charge in [0.15, 0.2) is 0 Å². The van der Waals surface area contributed by atoms with Gasteiger partial charge in [0.05, 0.1) is 16.1 Å². The first kappa shape index (κ1) is 15.2. The SMILES string of the molecule is Cc1nn(C)c2sc(C(=O)NNC(=O)c3ccccc3F)cc12. The highest BCUT2D eigenvalue weighted by Crippen LogP contribution is 2.27. The number of carbonyl (C=O) groups excluding carboxylic acids is 2. The Bertz CT molecular complexity index is 881. The average Bonchev–Trinajstić information content (AvgIpc) is 3.07. The summed E-state index contributed by atoms with van der Waals surface area (Å²) >= 11 is 1.27. The van der Waals surface area contributed by atoms with Crippen LogP contribution in [0.4, 0.5) is 4.39 Å². The van der Waals surface area contributed by atoms with E-state index in [1.54, 1.807) is 23.9 Å². The Balaban J connectivity index is 1.72. The lowest BCUT2D eigenvalue weighted by Crippen LogP contribution is -2.41. The molecule has 0 aliphatic rings. The maximum Gasteiger partial charge on any atom is 0.279 e. The molecule has 8 heteroatoms. The minimum atomic E-state index is -0.713. The van der Waals surface area contributed by atoms with E-state index >= 15 is 0 Å². The van der Waals surface area contributed by atoms with E-state index in [1.807, 2.05) is 6.92 Å². The van der Waals surface area contributed by atoms with Crippen LogP contribution in [0.3, 0.4) is 0 Å². The summed E-state index contributed by atoms with van der Waals surface area (Å²) in [6, 6.07) is 7.26. The number of halogens is 1. The quantitative estimate of drug-likeness (QED) is 0.706. The Hall–Kier alpha value is -2.74. The van der Waals surface area contributed by atoms with Crippen molar-refractivity contribution >= 4 is 33.4 Å². The summed E-state index contributed by atoms with van der Waals surface area (Å²) in [6.45, 7) is 1.86. The van der Waals surface area contributed by atoms with E-state index < -0.39 is 17.6 Å². The molecule has 3 rings (SSSR count). The van der Waals surface area contributed by atoms with Crippen LogP contribution in [0.2, 0.25) is 0 Å². The van der Waals surface area contributed by atoms with Gasteiger partial charge < -0.3 is 0 Å². The van der Waals surface area contributed by atoms with Gasteiger partial charge in [0.1, 0.15) is 10.6 Å². The van der Waals surface area contributed by atoms with E-state index in [0.717, 1.165) is 15.9 Å². The third-order valence-electron chi connectivity index (χ3n) is 3.33. The van der Waals surface area contributed by atoms with Crippen LogP contribution >= 0.6 is 11.3 Å². The number of carbonyl (C=O) groups is 2. The zero-order valence-electron chi connectivity index (χ0n) is 12.4. The number of thiophene rings is 1. The number of aromatic nitrogens is 2. The molecule has 2 N–H and O–H groups in total. The van der Waals surface area contributed by atoms with Crippen LogP contribution in [0.25, 0.3) is 10.2 Å². The van der Waals surface area contributed by atoms with Crippen molar-refractivity contribution in [3.8, 4) is 0 Å². The summed E-state index contributed by atoms with van der Waals surface area (Å²) in [6.07, 6.45) is 0.